The first-order valence-corrected chi connectivity index (χ1v) is 9.89. The first-order chi connectivity index (χ1) is 14.9. The highest BCUT2D eigenvalue weighted by Gasteiger charge is 2.17. The van der Waals surface area contributed by atoms with Crippen LogP contribution >= 0.6 is 15.9 Å². The van der Waals surface area contributed by atoms with Gasteiger partial charge in [-0.1, -0.05) is 28.1 Å². The highest BCUT2D eigenvalue weighted by atomic mass is 79.9. The van der Waals surface area contributed by atoms with Crippen molar-refractivity contribution in [1.82, 2.24) is 24.6 Å². The Morgan fingerprint density at radius 1 is 1.23 bits per heavy atom. The minimum Gasteiger partial charge on any atom is -0.395 e. The summed E-state index contributed by atoms with van der Waals surface area (Å²) < 4.78 is 8.82. The van der Waals surface area contributed by atoms with E-state index in [0.29, 0.717) is 17.6 Å². The van der Waals surface area contributed by atoms with Crippen LogP contribution in [0.4, 0.5) is 5.88 Å². The molecule has 1 aromatic carbocycles. The molecule has 0 fully saturated rings. The lowest BCUT2D eigenvalue weighted by Crippen LogP contribution is -2.27. The van der Waals surface area contributed by atoms with E-state index in [1.165, 1.54) is 27.8 Å². The van der Waals surface area contributed by atoms with Gasteiger partial charge in [0.15, 0.2) is 11.4 Å². The van der Waals surface area contributed by atoms with Crippen LogP contribution in [0.25, 0.3) is 11.0 Å². The van der Waals surface area contributed by atoms with Gasteiger partial charge in [0.1, 0.15) is 16.6 Å². The van der Waals surface area contributed by atoms with Crippen LogP contribution in [-0.4, -0.2) is 36.7 Å². The molecule has 0 unspecified atom stereocenters. The second-order valence-corrected chi connectivity index (χ2v) is 7.48. The lowest BCUT2D eigenvalue weighted by atomic mass is 10.2. The molecule has 0 atom stereocenters. The third-order valence-corrected chi connectivity index (χ3v) is 5.02. The van der Waals surface area contributed by atoms with Gasteiger partial charge >= 0.3 is 5.88 Å². The molecule has 4 rings (SSSR count). The fourth-order valence-corrected chi connectivity index (χ4v) is 3.23. The van der Waals surface area contributed by atoms with Gasteiger partial charge in [-0.3, -0.25) is 24.3 Å². The average molecular weight is 487 g/mol. The fourth-order valence-electron chi connectivity index (χ4n) is 2.97. The van der Waals surface area contributed by atoms with Gasteiger partial charge in [0.2, 0.25) is 0 Å². The van der Waals surface area contributed by atoms with E-state index in [-0.39, 0.29) is 24.4 Å². The Morgan fingerprint density at radius 2 is 2.00 bits per heavy atom. The first kappa shape index (κ1) is 20.5. The number of hydrogen-bond donors (Lipinski definition) is 1. The molecule has 11 nitrogen and oxygen atoms in total. The SMILES string of the molecule is O=C(NCCn1ncc2c(=O)n(Cc3ccc(Br)cc3)cnc21)c1ccc([N+](=O)[O-])o1. The van der Waals surface area contributed by atoms with Crippen LogP contribution in [-0.2, 0) is 13.1 Å². The summed E-state index contributed by atoms with van der Waals surface area (Å²) >= 11 is 3.38. The molecule has 0 aliphatic carbocycles. The van der Waals surface area contributed by atoms with Gasteiger partial charge in [-0.05, 0) is 23.8 Å². The molecule has 0 saturated heterocycles. The topological polar surface area (TPSA) is 138 Å². The third kappa shape index (κ3) is 4.38. The molecule has 4 aromatic rings. The van der Waals surface area contributed by atoms with Crippen molar-refractivity contribution in [2.45, 2.75) is 13.1 Å². The van der Waals surface area contributed by atoms with Crippen molar-refractivity contribution in [2.75, 3.05) is 6.54 Å². The maximum absolute atomic E-state index is 12.8. The Morgan fingerprint density at radius 3 is 2.71 bits per heavy atom. The number of carbonyl (C=O) groups excluding carboxylic acids is 1. The van der Waals surface area contributed by atoms with E-state index in [1.54, 1.807) is 0 Å². The second kappa shape index (κ2) is 8.52. The Bertz CT molecular complexity index is 1320. The van der Waals surface area contributed by atoms with E-state index < -0.39 is 16.7 Å². The van der Waals surface area contributed by atoms with E-state index >= 15 is 0 Å². The third-order valence-electron chi connectivity index (χ3n) is 4.49. The molecular formula is C19H15BrN6O5. The zero-order chi connectivity index (χ0) is 22.0. The molecule has 0 aliphatic rings. The number of furan rings is 1. The fraction of sp³-hybridized carbons (Fsp3) is 0.158. The van der Waals surface area contributed by atoms with Crippen LogP contribution < -0.4 is 10.9 Å². The van der Waals surface area contributed by atoms with Crippen molar-refractivity contribution in [2.24, 2.45) is 0 Å². The van der Waals surface area contributed by atoms with Crippen molar-refractivity contribution < 1.29 is 14.1 Å². The Hall–Kier alpha value is -3.80. The Balaban J connectivity index is 1.43. The van der Waals surface area contributed by atoms with Crippen molar-refractivity contribution in [3.8, 4) is 0 Å². The van der Waals surface area contributed by atoms with Crippen molar-refractivity contribution in [1.29, 1.82) is 0 Å². The summed E-state index contributed by atoms with van der Waals surface area (Å²) in [4.78, 5) is 39.1. The number of nitrogens with zero attached hydrogens (tertiary/aromatic N) is 5. The van der Waals surface area contributed by atoms with Crippen LogP contribution in [0.3, 0.4) is 0 Å². The Labute approximate surface area is 182 Å². The molecule has 0 bridgehead atoms. The van der Waals surface area contributed by atoms with Crippen LogP contribution in [0.1, 0.15) is 16.1 Å². The lowest BCUT2D eigenvalue weighted by molar-refractivity contribution is -0.402. The molecule has 0 radical (unpaired) electrons. The molecule has 31 heavy (non-hydrogen) atoms. The minimum atomic E-state index is -0.720. The largest absolute Gasteiger partial charge is 0.433 e. The number of aromatic nitrogens is 4. The van der Waals surface area contributed by atoms with Gasteiger partial charge in [0, 0.05) is 11.0 Å². The highest BCUT2D eigenvalue weighted by Crippen LogP contribution is 2.15. The van der Waals surface area contributed by atoms with Crippen LogP contribution in [0.5, 0.6) is 0 Å². The van der Waals surface area contributed by atoms with Crippen LogP contribution in [0, 0.1) is 10.1 Å². The van der Waals surface area contributed by atoms with Gasteiger partial charge < -0.3 is 9.73 Å². The molecule has 3 aromatic heterocycles. The number of carbonyl (C=O) groups is 1. The number of halogens is 1. The summed E-state index contributed by atoms with van der Waals surface area (Å²) in [5.74, 6) is -1.26. The van der Waals surface area contributed by atoms with Gasteiger partial charge in [0.25, 0.3) is 11.5 Å². The lowest BCUT2D eigenvalue weighted by Gasteiger charge is -2.07. The first-order valence-electron chi connectivity index (χ1n) is 9.10. The number of benzene rings is 1. The smallest absolute Gasteiger partial charge is 0.395 e. The second-order valence-electron chi connectivity index (χ2n) is 6.56. The monoisotopic (exact) mass is 486 g/mol. The highest BCUT2D eigenvalue weighted by molar-refractivity contribution is 9.10. The average Bonchev–Trinajstić information content (AvgIpc) is 3.40. The van der Waals surface area contributed by atoms with Gasteiger partial charge in [0.05, 0.1) is 25.4 Å². The summed E-state index contributed by atoms with van der Waals surface area (Å²) in [5.41, 5.74) is 1.14. The molecular weight excluding hydrogens is 472 g/mol. The molecule has 3 heterocycles. The normalized spacial score (nSPS) is 11.0. The van der Waals surface area contributed by atoms with E-state index in [2.05, 4.69) is 31.3 Å². The maximum Gasteiger partial charge on any atom is 0.433 e. The number of hydrogen-bond acceptors (Lipinski definition) is 7. The molecule has 12 heteroatoms. The molecule has 0 aliphatic heterocycles. The van der Waals surface area contributed by atoms with Crippen LogP contribution in [0.15, 0.2) is 62.6 Å². The quantitative estimate of drug-likeness (QED) is 0.312. The maximum atomic E-state index is 12.8. The summed E-state index contributed by atoms with van der Waals surface area (Å²) in [7, 11) is 0. The molecule has 1 amide bonds. The number of nitrogens with one attached hydrogen (secondary N) is 1. The van der Waals surface area contributed by atoms with E-state index in [1.807, 2.05) is 24.3 Å². The number of nitro groups is 1. The van der Waals surface area contributed by atoms with E-state index in [0.717, 1.165) is 16.1 Å². The summed E-state index contributed by atoms with van der Waals surface area (Å²) in [6, 6.07) is 9.98. The molecule has 0 spiro atoms. The van der Waals surface area contributed by atoms with Crippen molar-refractivity contribution in [3.05, 3.63) is 85.2 Å². The summed E-state index contributed by atoms with van der Waals surface area (Å²) in [6.07, 6.45) is 2.91. The summed E-state index contributed by atoms with van der Waals surface area (Å²) in [5, 5.41) is 17.8. The van der Waals surface area contributed by atoms with Gasteiger partial charge in [-0.2, -0.15) is 5.10 Å². The van der Waals surface area contributed by atoms with Crippen LogP contribution in [0.2, 0.25) is 0 Å². The van der Waals surface area contributed by atoms with Crippen molar-refractivity contribution in [3.63, 3.8) is 0 Å². The Kier molecular flexibility index (Phi) is 5.62. The predicted octanol–water partition coefficient (Wildman–Crippen LogP) is 2.33. The molecule has 158 valence electrons. The number of fused-ring (bicyclic) bond motifs is 1. The minimum absolute atomic E-state index is 0.160. The van der Waals surface area contributed by atoms with Crippen molar-refractivity contribution >= 4 is 38.8 Å². The number of amides is 1. The van der Waals surface area contributed by atoms with E-state index in [9.17, 15) is 19.7 Å². The van der Waals surface area contributed by atoms with E-state index in [4.69, 9.17) is 4.42 Å². The molecule has 0 saturated carbocycles. The summed E-state index contributed by atoms with van der Waals surface area (Å²) in [6.45, 7) is 0.792. The zero-order valence-corrected chi connectivity index (χ0v) is 17.5. The predicted molar refractivity (Wildman–Crippen MR) is 113 cm³/mol. The zero-order valence-electron chi connectivity index (χ0n) is 15.9. The standard InChI is InChI=1S/C19H15BrN6O5/c20-13-3-1-12(2-4-13)10-24-11-22-17-14(19(24)28)9-23-25(17)8-7-21-18(27)15-5-6-16(31-15)26(29)30/h1-6,9,11H,7-8,10H2,(H,21,27). The molecule has 1 N–H and O–H groups in total. The number of rotatable bonds is 7. The van der Waals surface area contributed by atoms with Gasteiger partial charge in [-0.25, -0.2) is 9.67 Å². The van der Waals surface area contributed by atoms with Gasteiger partial charge in [-0.15, -0.1) is 0 Å².